The van der Waals surface area contributed by atoms with Crippen LogP contribution in [0, 0.1) is 5.82 Å². The summed E-state index contributed by atoms with van der Waals surface area (Å²) < 4.78 is 21.1. The SMILES string of the molecule is CC.O=c1oc(-c2cc(Br)nn2-c2ncc(Cl)cc2F)nc2c(Cl)cc(Cl)cc12. The molecule has 0 amide bonds. The van der Waals surface area contributed by atoms with E-state index in [0.29, 0.717) is 4.60 Å². The molecule has 0 aliphatic rings. The number of fused-ring (bicyclic) bond motifs is 1. The molecule has 0 radical (unpaired) electrons. The van der Waals surface area contributed by atoms with Gasteiger partial charge in [-0.2, -0.15) is 5.10 Å². The normalized spacial score (nSPS) is 10.7. The van der Waals surface area contributed by atoms with Crippen LogP contribution >= 0.6 is 50.7 Å². The van der Waals surface area contributed by atoms with Gasteiger partial charge in [0.15, 0.2) is 11.6 Å². The molecule has 0 aliphatic carbocycles. The van der Waals surface area contributed by atoms with Crippen LogP contribution in [0.25, 0.3) is 28.3 Å². The lowest BCUT2D eigenvalue weighted by Gasteiger charge is -2.07. The molecular formula is C18H11BrCl3FN4O2. The van der Waals surface area contributed by atoms with Gasteiger partial charge in [-0.1, -0.05) is 48.7 Å². The molecule has 4 aromatic rings. The first-order valence-corrected chi connectivity index (χ1v) is 10.1. The van der Waals surface area contributed by atoms with E-state index in [9.17, 15) is 9.18 Å². The molecule has 0 unspecified atom stereocenters. The minimum Gasteiger partial charge on any atom is -0.401 e. The average Bonchev–Trinajstić information content (AvgIpc) is 3.05. The van der Waals surface area contributed by atoms with Gasteiger partial charge in [-0.25, -0.2) is 23.8 Å². The summed E-state index contributed by atoms with van der Waals surface area (Å²) in [5, 5.41) is 4.82. The van der Waals surface area contributed by atoms with Gasteiger partial charge in [0.2, 0.25) is 5.89 Å². The third-order valence-corrected chi connectivity index (χ3v) is 4.64. The van der Waals surface area contributed by atoms with Crippen molar-refractivity contribution < 1.29 is 8.81 Å². The van der Waals surface area contributed by atoms with Gasteiger partial charge in [-0.15, -0.1) is 0 Å². The van der Waals surface area contributed by atoms with E-state index in [1.807, 2.05) is 13.8 Å². The molecule has 0 atom stereocenters. The van der Waals surface area contributed by atoms with Crippen LogP contribution in [-0.2, 0) is 0 Å². The number of aromatic nitrogens is 4. The van der Waals surface area contributed by atoms with Crippen molar-refractivity contribution in [3.63, 3.8) is 0 Å². The molecule has 4 rings (SSSR count). The van der Waals surface area contributed by atoms with Crippen LogP contribution in [0.15, 0.2) is 44.3 Å². The molecule has 0 aliphatic heterocycles. The Bertz CT molecular complexity index is 1280. The number of benzene rings is 1. The van der Waals surface area contributed by atoms with Gasteiger partial charge in [0.1, 0.15) is 15.8 Å². The van der Waals surface area contributed by atoms with E-state index in [0.717, 1.165) is 10.7 Å². The van der Waals surface area contributed by atoms with Gasteiger partial charge in [0.25, 0.3) is 0 Å². The van der Waals surface area contributed by atoms with Crippen molar-refractivity contribution in [2.45, 2.75) is 13.8 Å². The summed E-state index contributed by atoms with van der Waals surface area (Å²) in [4.78, 5) is 20.6. The highest BCUT2D eigenvalue weighted by Crippen LogP contribution is 2.29. The van der Waals surface area contributed by atoms with Crippen LogP contribution in [-0.4, -0.2) is 19.7 Å². The maximum Gasteiger partial charge on any atom is 0.347 e. The molecular weight excluding hydrogens is 509 g/mol. The van der Waals surface area contributed by atoms with Gasteiger partial charge in [0.05, 0.1) is 15.4 Å². The van der Waals surface area contributed by atoms with E-state index >= 15 is 0 Å². The lowest BCUT2D eigenvalue weighted by molar-refractivity contribution is 0.512. The molecule has 0 N–H and O–H groups in total. The molecule has 6 nitrogen and oxygen atoms in total. The molecule has 11 heteroatoms. The summed E-state index contributed by atoms with van der Waals surface area (Å²) >= 11 is 21.0. The molecule has 0 saturated heterocycles. The Morgan fingerprint density at radius 3 is 2.52 bits per heavy atom. The largest absolute Gasteiger partial charge is 0.401 e. The minimum absolute atomic E-state index is 0.119. The second kappa shape index (κ2) is 8.79. The summed E-state index contributed by atoms with van der Waals surface area (Å²) in [6, 6.07) is 5.44. The summed E-state index contributed by atoms with van der Waals surface area (Å²) in [5.74, 6) is -0.981. The zero-order chi connectivity index (χ0) is 21.3. The minimum atomic E-state index is -0.715. The fourth-order valence-corrected chi connectivity index (χ4v) is 3.50. The Hall–Kier alpha value is -2.00. The summed E-state index contributed by atoms with van der Waals surface area (Å²) in [6.07, 6.45) is 1.27. The fourth-order valence-electron chi connectivity index (χ4n) is 2.44. The average molecular weight is 521 g/mol. The van der Waals surface area contributed by atoms with Gasteiger partial charge < -0.3 is 4.42 Å². The van der Waals surface area contributed by atoms with E-state index in [1.54, 1.807) is 0 Å². The predicted molar refractivity (Wildman–Crippen MR) is 115 cm³/mol. The number of hydrogen-bond acceptors (Lipinski definition) is 5. The number of hydrogen-bond donors (Lipinski definition) is 0. The predicted octanol–water partition coefficient (Wildman–Crippen LogP) is 6.32. The van der Waals surface area contributed by atoms with Crippen LogP contribution in [0.2, 0.25) is 15.1 Å². The number of pyridine rings is 1. The van der Waals surface area contributed by atoms with Crippen molar-refractivity contribution in [3.8, 4) is 17.4 Å². The van der Waals surface area contributed by atoms with Crippen LogP contribution in [0.1, 0.15) is 13.8 Å². The monoisotopic (exact) mass is 518 g/mol. The summed E-state index contributed by atoms with van der Waals surface area (Å²) in [7, 11) is 0. The molecule has 3 heterocycles. The first-order chi connectivity index (χ1) is 13.8. The van der Waals surface area contributed by atoms with E-state index in [4.69, 9.17) is 39.2 Å². The molecule has 0 spiro atoms. The molecule has 0 saturated carbocycles. The first kappa shape index (κ1) is 21.7. The lowest BCUT2D eigenvalue weighted by atomic mass is 10.2. The van der Waals surface area contributed by atoms with Crippen molar-refractivity contribution in [3.05, 3.63) is 66.4 Å². The molecule has 150 valence electrons. The van der Waals surface area contributed by atoms with Gasteiger partial charge >= 0.3 is 5.63 Å². The Kier molecular flexibility index (Phi) is 6.58. The standard InChI is InChI=1S/C16H5BrCl3FN4O2.C2H6/c17-12-4-11(25(24-12)14-10(21)3-7(19)5-22-14)15-23-13-8(16(26)27-15)1-6(18)2-9(13)20;1-2/h1-5H;1-2H3. The Labute approximate surface area is 187 Å². The number of rotatable bonds is 2. The topological polar surface area (TPSA) is 73.8 Å². The highest BCUT2D eigenvalue weighted by molar-refractivity contribution is 9.10. The van der Waals surface area contributed by atoms with Crippen molar-refractivity contribution in [1.82, 2.24) is 19.7 Å². The van der Waals surface area contributed by atoms with E-state index in [-0.39, 0.29) is 43.4 Å². The van der Waals surface area contributed by atoms with Crippen LogP contribution in [0.4, 0.5) is 4.39 Å². The van der Waals surface area contributed by atoms with Crippen molar-refractivity contribution in [2.24, 2.45) is 0 Å². The third-order valence-electron chi connectivity index (χ3n) is 3.54. The fraction of sp³-hybridized carbons (Fsp3) is 0.111. The number of halogens is 5. The molecule has 1 aromatic carbocycles. The summed E-state index contributed by atoms with van der Waals surface area (Å²) in [6.45, 7) is 4.00. The zero-order valence-electron chi connectivity index (χ0n) is 14.9. The molecule has 29 heavy (non-hydrogen) atoms. The van der Waals surface area contributed by atoms with Gasteiger partial charge in [-0.05, 0) is 34.1 Å². The second-order valence-electron chi connectivity index (χ2n) is 5.31. The highest BCUT2D eigenvalue weighted by atomic mass is 79.9. The van der Waals surface area contributed by atoms with Crippen LogP contribution < -0.4 is 5.63 Å². The third kappa shape index (κ3) is 4.30. The smallest absolute Gasteiger partial charge is 0.347 e. The Morgan fingerprint density at radius 1 is 1.10 bits per heavy atom. The maximum absolute atomic E-state index is 14.3. The highest BCUT2D eigenvalue weighted by Gasteiger charge is 2.20. The van der Waals surface area contributed by atoms with E-state index in [1.165, 1.54) is 24.4 Å². The zero-order valence-corrected chi connectivity index (χ0v) is 18.7. The molecule has 3 aromatic heterocycles. The lowest BCUT2D eigenvalue weighted by Crippen LogP contribution is -2.08. The second-order valence-corrected chi connectivity index (χ2v) is 7.41. The van der Waals surface area contributed by atoms with Gasteiger partial charge in [0, 0.05) is 17.3 Å². The molecule has 0 fully saturated rings. The quantitative estimate of drug-likeness (QED) is 0.309. The van der Waals surface area contributed by atoms with E-state index in [2.05, 4.69) is 31.0 Å². The van der Waals surface area contributed by atoms with Gasteiger partial charge in [-0.3, -0.25) is 0 Å². The summed E-state index contributed by atoms with van der Waals surface area (Å²) in [5.41, 5.74) is -0.325. The van der Waals surface area contributed by atoms with Crippen molar-refractivity contribution in [1.29, 1.82) is 0 Å². The van der Waals surface area contributed by atoms with Crippen molar-refractivity contribution in [2.75, 3.05) is 0 Å². The Morgan fingerprint density at radius 2 is 1.83 bits per heavy atom. The van der Waals surface area contributed by atoms with E-state index < -0.39 is 11.4 Å². The van der Waals surface area contributed by atoms with Crippen LogP contribution in [0.5, 0.6) is 0 Å². The maximum atomic E-state index is 14.3. The van der Waals surface area contributed by atoms with Crippen molar-refractivity contribution >= 4 is 61.6 Å². The Balaban J connectivity index is 0.00000117. The van der Waals surface area contributed by atoms with Crippen LogP contribution in [0.3, 0.4) is 0 Å². The first-order valence-electron chi connectivity index (χ1n) is 8.21. The number of nitrogens with zero attached hydrogens (tertiary/aromatic N) is 4. The molecule has 0 bridgehead atoms.